The van der Waals surface area contributed by atoms with Crippen LogP contribution in [0.25, 0.3) is 0 Å². The summed E-state index contributed by atoms with van der Waals surface area (Å²) < 4.78 is 9.70. The second kappa shape index (κ2) is 3.89. The van der Waals surface area contributed by atoms with E-state index in [0.717, 1.165) is 12.2 Å². The molecule has 0 unspecified atom stereocenters. The molecule has 0 bridgehead atoms. The molecule has 1 rings (SSSR count). The number of carbonyl (C=O) groups is 2. The Balaban J connectivity index is 2.93. The van der Waals surface area contributed by atoms with Gasteiger partial charge in [0, 0.05) is 18.6 Å². The zero-order chi connectivity index (χ0) is 9.84. The molecule has 0 fully saturated rings. The largest absolute Gasteiger partial charge is 0.425 e. The molecule has 0 saturated heterocycles. The third-order valence-corrected chi connectivity index (χ3v) is 1.55. The normalized spacial score (nSPS) is 25.7. The van der Waals surface area contributed by atoms with Gasteiger partial charge in [0.25, 0.3) is 0 Å². The van der Waals surface area contributed by atoms with Crippen molar-refractivity contribution in [3.05, 3.63) is 23.7 Å². The highest BCUT2D eigenvalue weighted by molar-refractivity contribution is 5.93. The molecule has 0 aromatic rings. The minimum atomic E-state index is -0.555. The molecule has 4 heteroatoms. The molecule has 4 nitrogen and oxygen atoms in total. The lowest BCUT2D eigenvalue weighted by Gasteiger charge is -2.11. The summed E-state index contributed by atoms with van der Waals surface area (Å²) in [7, 11) is 0. The van der Waals surface area contributed by atoms with Crippen LogP contribution < -0.4 is 0 Å². The van der Waals surface area contributed by atoms with Gasteiger partial charge in [0.1, 0.15) is 11.5 Å². The predicted molar refractivity (Wildman–Crippen MR) is 44.3 cm³/mol. The minimum absolute atomic E-state index is 0.338. The quantitative estimate of drug-likeness (QED) is 0.573. The number of rotatable bonds is 1. The highest BCUT2D eigenvalue weighted by atomic mass is 16.6. The average molecular weight is 182 g/mol. The Morgan fingerprint density at radius 1 is 1.15 bits per heavy atom. The van der Waals surface area contributed by atoms with Gasteiger partial charge in [-0.2, -0.15) is 0 Å². The number of cyclic esters (lactones) is 2. The SMILES string of the molecule is CC/C1=C(\C)OC(=O)/C=C\C(=O)O1. The number of allylic oxidation sites excluding steroid dienone is 2. The molecule has 1 heterocycles. The lowest BCUT2D eigenvalue weighted by atomic mass is 10.3. The fourth-order valence-corrected chi connectivity index (χ4v) is 0.926. The maximum absolute atomic E-state index is 10.9. The van der Waals surface area contributed by atoms with Gasteiger partial charge in [-0.15, -0.1) is 0 Å². The average Bonchev–Trinajstić information content (AvgIpc) is 2.08. The Hall–Kier alpha value is -1.58. The molecule has 0 saturated carbocycles. The van der Waals surface area contributed by atoms with Crippen LogP contribution in [0.5, 0.6) is 0 Å². The van der Waals surface area contributed by atoms with Gasteiger partial charge in [-0.3, -0.25) is 0 Å². The lowest BCUT2D eigenvalue weighted by molar-refractivity contribution is -0.139. The summed E-state index contributed by atoms with van der Waals surface area (Å²) in [6.45, 7) is 3.40. The van der Waals surface area contributed by atoms with Crippen molar-refractivity contribution >= 4 is 11.9 Å². The van der Waals surface area contributed by atoms with Gasteiger partial charge < -0.3 is 9.47 Å². The molecule has 13 heavy (non-hydrogen) atoms. The number of hydrogen-bond acceptors (Lipinski definition) is 4. The molecule has 0 spiro atoms. The van der Waals surface area contributed by atoms with Gasteiger partial charge in [0.05, 0.1) is 0 Å². The second-order valence-corrected chi connectivity index (χ2v) is 2.51. The van der Waals surface area contributed by atoms with Crippen LogP contribution in [0.2, 0.25) is 0 Å². The Morgan fingerprint density at radius 2 is 1.69 bits per heavy atom. The van der Waals surface area contributed by atoms with Gasteiger partial charge in [0.2, 0.25) is 0 Å². The molecule has 0 aliphatic carbocycles. The second-order valence-electron chi connectivity index (χ2n) is 2.51. The van der Waals surface area contributed by atoms with E-state index in [1.165, 1.54) is 0 Å². The Labute approximate surface area is 75.8 Å². The van der Waals surface area contributed by atoms with E-state index >= 15 is 0 Å². The lowest BCUT2D eigenvalue weighted by Crippen LogP contribution is -2.10. The summed E-state index contributed by atoms with van der Waals surface area (Å²) in [5.41, 5.74) is 0. The number of hydrogen-bond donors (Lipinski definition) is 0. The molecule has 0 N–H and O–H groups in total. The van der Waals surface area contributed by atoms with Crippen molar-refractivity contribution in [2.24, 2.45) is 0 Å². The third kappa shape index (κ3) is 2.43. The van der Waals surface area contributed by atoms with Crippen LogP contribution in [0, 0.1) is 0 Å². The highest BCUT2D eigenvalue weighted by Gasteiger charge is 2.13. The Kier molecular flexibility index (Phi) is 2.84. The van der Waals surface area contributed by atoms with Crippen LogP contribution in [-0.2, 0) is 19.1 Å². The van der Waals surface area contributed by atoms with E-state index in [2.05, 4.69) is 0 Å². The summed E-state index contributed by atoms with van der Waals surface area (Å²) in [5, 5.41) is 0. The molecular weight excluding hydrogens is 172 g/mol. The maximum atomic E-state index is 10.9. The van der Waals surface area contributed by atoms with E-state index < -0.39 is 11.9 Å². The van der Waals surface area contributed by atoms with Crippen molar-refractivity contribution in [3.63, 3.8) is 0 Å². The summed E-state index contributed by atoms with van der Waals surface area (Å²) in [5.74, 6) is -0.374. The maximum Gasteiger partial charge on any atom is 0.336 e. The molecule has 0 radical (unpaired) electrons. The predicted octanol–water partition coefficient (Wildman–Crippen LogP) is 1.28. The summed E-state index contributed by atoms with van der Waals surface area (Å²) >= 11 is 0. The van der Waals surface area contributed by atoms with Crippen molar-refractivity contribution in [1.82, 2.24) is 0 Å². The van der Waals surface area contributed by atoms with Gasteiger partial charge in [-0.05, 0) is 6.92 Å². The zero-order valence-electron chi connectivity index (χ0n) is 7.49. The molecule has 0 aromatic heterocycles. The summed E-state index contributed by atoms with van der Waals surface area (Å²) in [6.07, 6.45) is 2.60. The molecule has 0 atom stereocenters. The first-order valence-electron chi connectivity index (χ1n) is 3.95. The van der Waals surface area contributed by atoms with E-state index in [1.54, 1.807) is 6.92 Å². The molecule has 0 amide bonds. The van der Waals surface area contributed by atoms with Crippen LogP contribution in [0.4, 0.5) is 0 Å². The van der Waals surface area contributed by atoms with Gasteiger partial charge in [-0.1, -0.05) is 6.92 Å². The summed E-state index contributed by atoms with van der Waals surface area (Å²) in [6, 6.07) is 0. The van der Waals surface area contributed by atoms with Crippen LogP contribution in [0.3, 0.4) is 0 Å². The number of carbonyl (C=O) groups excluding carboxylic acids is 2. The van der Waals surface area contributed by atoms with E-state index in [-0.39, 0.29) is 0 Å². The molecule has 1 aliphatic heterocycles. The first kappa shape index (κ1) is 9.51. The fraction of sp³-hybridized carbons (Fsp3) is 0.333. The molecule has 0 aromatic carbocycles. The summed E-state index contributed by atoms with van der Waals surface area (Å²) in [4.78, 5) is 21.8. The van der Waals surface area contributed by atoms with E-state index in [1.807, 2.05) is 6.92 Å². The van der Waals surface area contributed by atoms with E-state index in [0.29, 0.717) is 17.9 Å². The van der Waals surface area contributed by atoms with Crippen LogP contribution in [0.15, 0.2) is 23.7 Å². The van der Waals surface area contributed by atoms with Gasteiger partial charge in [-0.25, -0.2) is 9.59 Å². The first-order chi connectivity index (χ1) is 6.13. The van der Waals surface area contributed by atoms with Crippen molar-refractivity contribution < 1.29 is 19.1 Å². The topological polar surface area (TPSA) is 52.6 Å². The number of ether oxygens (including phenoxy) is 2. The third-order valence-electron chi connectivity index (χ3n) is 1.55. The molecule has 1 aliphatic rings. The van der Waals surface area contributed by atoms with Crippen LogP contribution in [-0.4, -0.2) is 11.9 Å². The van der Waals surface area contributed by atoms with Gasteiger partial charge >= 0.3 is 11.9 Å². The monoisotopic (exact) mass is 182 g/mol. The number of esters is 2. The first-order valence-corrected chi connectivity index (χ1v) is 3.95. The highest BCUT2D eigenvalue weighted by Crippen LogP contribution is 2.14. The standard InChI is InChI=1S/C9H10O4/c1-3-7-6(2)12-8(10)4-5-9(11)13-7/h4-5H,3H2,1-2H3/b5-4-,7-6-. The fourth-order valence-electron chi connectivity index (χ4n) is 0.926. The Bertz CT molecular complexity index is 299. The smallest absolute Gasteiger partial charge is 0.336 e. The van der Waals surface area contributed by atoms with Gasteiger partial charge in [0.15, 0.2) is 0 Å². The zero-order valence-corrected chi connectivity index (χ0v) is 7.49. The van der Waals surface area contributed by atoms with Crippen molar-refractivity contribution in [2.45, 2.75) is 20.3 Å². The van der Waals surface area contributed by atoms with Crippen LogP contribution >= 0.6 is 0 Å². The van der Waals surface area contributed by atoms with Crippen LogP contribution in [0.1, 0.15) is 20.3 Å². The molecular formula is C9H10O4. The minimum Gasteiger partial charge on any atom is -0.425 e. The van der Waals surface area contributed by atoms with Crippen molar-refractivity contribution in [1.29, 1.82) is 0 Å². The van der Waals surface area contributed by atoms with Crippen molar-refractivity contribution in [2.75, 3.05) is 0 Å². The van der Waals surface area contributed by atoms with Crippen molar-refractivity contribution in [3.8, 4) is 0 Å². The Morgan fingerprint density at radius 3 is 2.23 bits per heavy atom. The molecule has 70 valence electrons. The van der Waals surface area contributed by atoms with E-state index in [4.69, 9.17) is 9.47 Å². The van der Waals surface area contributed by atoms with E-state index in [9.17, 15) is 9.59 Å².